The first-order valence-corrected chi connectivity index (χ1v) is 6.98. The fourth-order valence-corrected chi connectivity index (χ4v) is 3.22. The Bertz CT molecular complexity index is 444. The molecule has 1 aromatic rings. The van der Waals surface area contributed by atoms with Crippen LogP contribution in [0, 0.1) is 5.92 Å². The van der Waals surface area contributed by atoms with Crippen molar-refractivity contribution in [1.82, 2.24) is 0 Å². The number of halogens is 1. The largest absolute Gasteiger partial charge is 0.454 e. The molecule has 1 aromatic carbocycles. The van der Waals surface area contributed by atoms with Gasteiger partial charge in [-0.2, -0.15) is 0 Å². The van der Waals surface area contributed by atoms with Crippen LogP contribution in [0.2, 0.25) is 5.02 Å². The molecule has 1 fully saturated rings. The highest BCUT2D eigenvalue weighted by Crippen LogP contribution is 2.42. The summed E-state index contributed by atoms with van der Waals surface area (Å²) in [5.41, 5.74) is 7.38. The van der Waals surface area contributed by atoms with E-state index in [0.29, 0.717) is 10.9 Å². The summed E-state index contributed by atoms with van der Waals surface area (Å²) < 4.78 is 10.7. The average Bonchev–Trinajstić information content (AvgIpc) is 2.85. The third kappa shape index (κ3) is 2.17. The van der Waals surface area contributed by atoms with Crippen molar-refractivity contribution in [3.8, 4) is 11.5 Å². The third-order valence-electron chi connectivity index (χ3n) is 4.01. The lowest BCUT2D eigenvalue weighted by Gasteiger charge is -2.28. The van der Waals surface area contributed by atoms with Crippen molar-refractivity contribution in [2.75, 3.05) is 6.79 Å². The van der Waals surface area contributed by atoms with Gasteiger partial charge in [0.1, 0.15) is 0 Å². The van der Waals surface area contributed by atoms with Gasteiger partial charge in [-0.05, 0) is 30.4 Å². The lowest BCUT2D eigenvalue weighted by atomic mass is 9.81. The van der Waals surface area contributed by atoms with Crippen molar-refractivity contribution in [1.29, 1.82) is 0 Å². The summed E-state index contributed by atoms with van der Waals surface area (Å²) >= 11 is 6.31. The van der Waals surface area contributed by atoms with E-state index in [9.17, 15) is 0 Å². The van der Waals surface area contributed by atoms with Crippen LogP contribution in [0.3, 0.4) is 0 Å². The van der Waals surface area contributed by atoms with Crippen LogP contribution in [0.4, 0.5) is 0 Å². The Kier molecular flexibility index (Phi) is 3.35. The number of nitrogens with two attached hydrogens (primary N) is 1. The Morgan fingerprint density at radius 2 is 1.78 bits per heavy atom. The quantitative estimate of drug-likeness (QED) is 0.890. The predicted molar refractivity (Wildman–Crippen MR) is 71.1 cm³/mol. The van der Waals surface area contributed by atoms with Gasteiger partial charge in [-0.25, -0.2) is 0 Å². The molecule has 3 rings (SSSR count). The molecule has 0 radical (unpaired) electrons. The summed E-state index contributed by atoms with van der Waals surface area (Å²) in [7, 11) is 0. The number of hydrogen-bond acceptors (Lipinski definition) is 3. The zero-order valence-electron chi connectivity index (χ0n) is 10.3. The van der Waals surface area contributed by atoms with Crippen LogP contribution < -0.4 is 15.2 Å². The second-order valence-electron chi connectivity index (χ2n) is 5.15. The summed E-state index contributed by atoms with van der Waals surface area (Å²) in [6.45, 7) is 0.272. The molecule has 1 heterocycles. The number of hydrogen-bond donors (Lipinski definition) is 1. The molecule has 2 aliphatic rings. The second kappa shape index (κ2) is 4.98. The number of rotatable bonds is 2. The Balaban J connectivity index is 1.86. The normalized spacial score (nSPS) is 21.0. The standard InChI is InChI=1S/C14H18ClNO2/c15-11-7-13-12(17-8-18-13)6-10(11)14(16)9-4-2-1-3-5-9/h6-7,9,14H,1-5,8,16H2/t14-/m0/s1. The van der Waals surface area contributed by atoms with Crippen LogP contribution in [-0.4, -0.2) is 6.79 Å². The maximum Gasteiger partial charge on any atom is 0.231 e. The van der Waals surface area contributed by atoms with Gasteiger partial charge in [0.25, 0.3) is 0 Å². The molecule has 0 saturated heterocycles. The first-order chi connectivity index (χ1) is 8.75. The van der Waals surface area contributed by atoms with Gasteiger partial charge in [-0.1, -0.05) is 30.9 Å². The zero-order valence-corrected chi connectivity index (χ0v) is 11.1. The molecular weight excluding hydrogens is 250 g/mol. The minimum absolute atomic E-state index is 0.00676. The topological polar surface area (TPSA) is 44.5 Å². The van der Waals surface area contributed by atoms with Gasteiger partial charge in [0.05, 0.1) is 0 Å². The van der Waals surface area contributed by atoms with Crippen LogP contribution in [-0.2, 0) is 0 Å². The number of benzene rings is 1. The van der Waals surface area contributed by atoms with Gasteiger partial charge in [0.2, 0.25) is 6.79 Å². The van der Waals surface area contributed by atoms with Gasteiger partial charge >= 0.3 is 0 Å². The van der Waals surface area contributed by atoms with E-state index in [4.69, 9.17) is 26.8 Å². The number of ether oxygens (including phenoxy) is 2. The summed E-state index contributed by atoms with van der Waals surface area (Å²) in [6, 6.07) is 3.78. The predicted octanol–water partition coefficient (Wildman–Crippen LogP) is 3.65. The van der Waals surface area contributed by atoms with E-state index >= 15 is 0 Å². The fourth-order valence-electron chi connectivity index (χ4n) is 2.94. The molecule has 0 unspecified atom stereocenters. The van der Waals surface area contributed by atoms with Crippen molar-refractivity contribution in [3.05, 3.63) is 22.7 Å². The number of fused-ring (bicyclic) bond motifs is 1. The van der Waals surface area contributed by atoms with Crippen LogP contribution >= 0.6 is 11.6 Å². The van der Waals surface area contributed by atoms with Gasteiger partial charge in [-0.3, -0.25) is 0 Å². The van der Waals surface area contributed by atoms with Crippen LogP contribution in [0.25, 0.3) is 0 Å². The molecule has 0 spiro atoms. The van der Waals surface area contributed by atoms with Gasteiger partial charge in [0, 0.05) is 17.1 Å². The molecule has 1 aliphatic carbocycles. The summed E-state index contributed by atoms with van der Waals surface area (Å²) in [5, 5.41) is 0.692. The van der Waals surface area contributed by atoms with Gasteiger partial charge in [0.15, 0.2) is 11.5 Å². The van der Waals surface area contributed by atoms with Crippen molar-refractivity contribution in [2.45, 2.75) is 38.1 Å². The van der Waals surface area contributed by atoms with Crippen LogP contribution in [0.15, 0.2) is 12.1 Å². The van der Waals surface area contributed by atoms with Gasteiger partial charge in [-0.15, -0.1) is 0 Å². The molecule has 1 saturated carbocycles. The fraction of sp³-hybridized carbons (Fsp3) is 0.571. The molecule has 18 heavy (non-hydrogen) atoms. The molecule has 0 bridgehead atoms. The maximum absolute atomic E-state index is 6.38. The Labute approximate surface area is 112 Å². The lowest BCUT2D eigenvalue weighted by Crippen LogP contribution is -2.23. The molecule has 98 valence electrons. The average molecular weight is 268 g/mol. The highest BCUT2D eigenvalue weighted by Gasteiger charge is 2.26. The maximum atomic E-state index is 6.38. The van der Waals surface area contributed by atoms with Crippen LogP contribution in [0.1, 0.15) is 43.7 Å². The van der Waals surface area contributed by atoms with Crippen molar-refractivity contribution in [2.24, 2.45) is 11.7 Å². The summed E-state index contributed by atoms with van der Waals surface area (Å²) in [4.78, 5) is 0. The highest BCUT2D eigenvalue weighted by atomic mass is 35.5. The van der Waals surface area contributed by atoms with E-state index in [2.05, 4.69) is 0 Å². The summed E-state index contributed by atoms with van der Waals surface area (Å²) in [5.74, 6) is 2.02. The minimum Gasteiger partial charge on any atom is -0.454 e. The Morgan fingerprint density at radius 1 is 1.11 bits per heavy atom. The molecule has 1 atom stereocenters. The molecule has 0 amide bonds. The highest BCUT2D eigenvalue weighted by molar-refractivity contribution is 6.31. The van der Waals surface area contributed by atoms with Crippen LogP contribution in [0.5, 0.6) is 11.5 Å². The van der Waals surface area contributed by atoms with Gasteiger partial charge < -0.3 is 15.2 Å². The third-order valence-corrected chi connectivity index (χ3v) is 4.34. The van der Waals surface area contributed by atoms with Crippen molar-refractivity contribution >= 4 is 11.6 Å². The van der Waals surface area contributed by atoms with E-state index in [0.717, 1.165) is 17.1 Å². The zero-order chi connectivity index (χ0) is 12.5. The van der Waals surface area contributed by atoms with Crippen molar-refractivity contribution < 1.29 is 9.47 Å². The second-order valence-corrected chi connectivity index (χ2v) is 5.56. The Morgan fingerprint density at radius 3 is 2.50 bits per heavy atom. The van der Waals surface area contributed by atoms with E-state index in [1.807, 2.05) is 12.1 Å². The van der Waals surface area contributed by atoms with E-state index in [-0.39, 0.29) is 12.8 Å². The minimum atomic E-state index is 0.00676. The first kappa shape index (κ1) is 12.1. The van der Waals surface area contributed by atoms with E-state index in [1.54, 1.807) is 0 Å². The molecule has 4 heteroatoms. The smallest absolute Gasteiger partial charge is 0.231 e. The monoisotopic (exact) mass is 267 g/mol. The SMILES string of the molecule is N[C@H](c1cc2c(cc1Cl)OCO2)C1CCCCC1. The molecular formula is C14H18ClNO2. The lowest BCUT2D eigenvalue weighted by molar-refractivity contribution is 0.174. The van der Waals surface area contributed by atoms with E-state index < -0.39 is 0 Å². The molecule has 2 N–H and O–H groups in total. The molecule has 3 nitrogen and oxygen atoms in total. The first-order valence-electron chi connectivity index (χ1n) is 6.60. The van der Waals surface area contributed by atoms with Crippen molar-refractivity contribution in [3.63, 3.8) is 0 Å². The summed E-state index contributed by atoms with van der Waals surface area (Å²) in [6.07, 6.45) is 6.29. The Hall–Kier alpha value is -0.930. The van der Waals surface area contributed by atoms with E-state index in [1.165, 1.54) is 32.1 Å². The molecule has 0 aromatic heterocycles. The molecule has 1 aliphatic heterocycles.